The third-order valence-electron chi connectivity index (χ3n) is 5.82. The Labute approximate surface area is 204 Å². The van der Waals surface area contributed by atoms with E-state index >= 15 is 0 Å². The topological polar surface area (TPSA) is 60.4 Å². The van der Waals surface area contributed by atoms with Crippen LogP contribution in [0.4, 0.5) is 0 Å². The number of ketones is 1. The third-order valence-corrected chi connectivity index (χ3v) is 6.57. The van der Waals surface area contributed by atoms with Crippen LogP contribution >= 0.6 is 27.5 Å². The number of fused-ring (bicyclic) bond motifs is 3. The second-order valence-corrected chi connectivity index (χ2v) is 9.09. The summed E-state index contributed by atoms with van der Waals surface area (Å²) in [6.07, 6.45) is -0.269. The van der Waals surface area contributed by atoms with Crippen molar-refractivity contribution in [3.8, 4) is 17.2 Å². The van der Waals surface area contributed by atoms with Crippen LogP contribution in [0.3, 0.4) is 0 Å². The zero-order valence-corrected chi connectivity index (χ0v) is 20.3. The Morgan fingerprint density at radius 3 is 2.55 bits per heavy atom. The number of halogens is 2. The van der Waals surface area contributed by atoms with E-state index in [0.29, 0.717) is 34.3 Å². The number of hydrogen-bond acceptors (Lipinski definition) is 6. The van der Waals surface area contributed by atoms with Crippen molar-refractivity contribution in [2.45, 2.75) is 18.7 Å². The van der Waals surface area contributed by atoms with Gasteiger partial charge < -0.3 is 14.2 Å². The number of hydrogen-bond donors (Lipinski definition) is 0. The Hall–Kier alpha value is -3.03. The minimum absolute atomic E-state index is 0.143. The molecule has 0 unspecified atom stereocenters. The molecule has 0 fully saturated rings. The van der Waals surface area contributed by atoms with Gasteiger partial charge in [0.05, 0.1) is 26.0 Å². The minimum atomic E-state index is -0.887. The fraction of sp³-hybridized carbons (Fsp3) is 0.200. The van der Waals surface area contributed by atoms with Crippen molar-refractivity contribution in [2.24, 2.45) is 5.10 Å². The molecule has 8 heteroatoms. The molecule has 0 saturated heterocycles. The van der Waals surface area contributed by atoms with Gasteiger partial charge in [0.25, 0.3) is 6.23 Å². The van der Waals surface area contributed by atoms with Crippen molar-refractivity contribution in [1.82, 2.24) is 5.01 Å². The standard InChI is InChI=1S/C25H20BrClN2O4/c1-31-22-9-5-15(11-23(22)32-2)19-13-20-18-12-16(26)6-10-21(18)33-25(29(20)28-19)24(30)14-3-7-17(27)8-4-14/h3-12,20,25H,13H2,1-2H3/t20-,25+/m1/s1. The van der Waals surface area contributed by atoms with E-state index in [1.807, 2.05) is 36.4 Å². The second kappa shape index (κ2) is 8.72. The highest BCUT2D eigenvalue weighted by molar-refractivity contribution is 9.10. The lowest BCUT2D eigenvalue weighted by atomic mass is 9.95. The molecule has 0 amide bonds. The fourth-order valence-corrected chi connectivity index (χ4v) is 4.68. The summed E-state index contributed by atoms with van der Waals surface area (Å²) in [7, 11) is 3.20. The van der Waals surface area contributed by atoms with E-state index in [0.717, 1.165) is 21.3 Å². The van der Waals surface area contributed by atoms with Gasteiger partial charge in [-0.2, -0.15) is 5.10 Å². The van der Waals surface area contributed by atoms with Crippen LogP contribution in [0.5, 0.6) is 17.2 Å². The normalized spacial score (nSPS) is 18.7. The Morgan fingerprint density at radius 2 is 1.82 bits per heavy atom. The van der Waals surface area contributed by atoms with E-state index < -0.39 is 6.23 Å². The Balaban J connectivity index is 1.56. The number of ether oxygens (including phenoxy) is 3. The van der Waals surface area contributed by atoms with E-state index in [-0.39, 0.29) is 11.8 Å². The molecule has 0 saturated carbocycles. The first-order valence-corrected chi connectivity index (χ1v) is 11.5. The molecule has 0 radical (unpaired) electrons. The zero-order valence-electron chi connectivity index (χ0n) is 17.9. The van der Waals surface area contributed by atoms with Crippen LogP contribution in [0.15, 0.2) is 70.2 Å². The highest BCUT2D eigenvalue weighted by Gasteiger charge is 2.43. The summed E-state index contributed by atoms with van der Waals surface area (Å²) in [5.41, 5.74) is 3.23. The van der Waals surface area contributed by atoms with E-state index in [2.05, 4.69) is 15.9 Å². The monoisotopic (exact) mass is 526 g/mol. The summed E-state index contributed by atoms with van der Waals surface area (Å²) in [6.45, 7) is 0. The number of Topliss-reactive ketones (excluding diaryl/α,β-unsaturated/α-hetero) is 1. The first-order valence-electron chi connectivity index (χ1n) is 10.3. The molecule has 0 spiro atoms. The smallest absolute Gasteiger partial charge is 0.251 e. The molecule has 3 aromatic rings. The van der Waals surface area contributed by atoms with Gasteiger partial charge in [-0.15, -0.1) is 0 Å². The van der Waals surface area contributed by atoms with E-state index in [1.165, 1.54) is 0 Å². The Bertz CT molecular complexity index is 1260. The van der Waals surface area contributed by atoms with Gasteiger partial charge in [-0.1, -0.05) is 27.5 Å². The lowest BCUT2D eigenvalue weighted by molar-refractivity contribution is -0.00459. The molecule has 2 aliphatic heterocycles. The molecule has 0 bridgehead atoms. The molecule has 6 nitrogen and oxygen atoms in total. The van der Waals surface area contributed by atoms with Crippen LogP contribution in [0.25, 0.3) is 0 Å². The van der Waals surface area contributed by atoms with Gasteiger partial charge >= 0.3 is 0 Å². The highest BCUT2D eigenvalue weighted by atomic mass is 79.9. The predicted molar refractivity (Wildman–Crippen MR) is 130 cm³/mol. The van der Waals surface area contributed by atoms with Crippen molar-refractivity contribution in [3.05, 3.63) is 86.8 Å². The number of benzene rings is 3. The molecule has 2 aliphatic rings. The molecular weight excluding hydrogens is 508 g/mol. The van der Waals surface area contributed by atoms with Gasteiger partial charge in [-0.25, -0.2) is 5.01 Å². The summed E-state index contributed by atoms with van der Waals surface area (Å²) in [4.78, 5) is 13.4. The fourth-order valence-electron chi connectivity index (χ4n) is 4.18. The third kappa shape index (κ3) is 3.96. The van der Waals surface area contributed by atoms with E-state index in [9.17, 15) is 4.79 Å². The van der Waals surface area contributed by atoms with Gasteiger partial charge in [0.2, 0.25) is 5.78 Å². The zero-order chi connectivity index (χ0) is 23.1. The molecule has 33 heavy (non-hydrogen) atoms. The predicted octanol–water partition coefficient (Wildman–Crippen LogP) is 5.87. The van der Waals surface area contributed by atoms with Crippen LogP contribution in [-0.4, -0.2) is 37.0 Å². The number of rotatable bonds is 5. The molecule has 2 heterocycles. The molecular formula is C25H20BrClN2O4. The van der Waals surface area contributed by atoms with Crippen molar-refractivity contribution in [3.63, 3.8) is 0 Å². The summed E-state index contributed by atoms with van der Waals surface area (Å²) in [6, 6.07) is 18.2. The number of nitrogens with zero attached hydrogens (tertiary/aromatic N) is 2. The first-order chi connectivity index (χ1) is 16.0. The number of methoxy groups -OCH3 is 2. The van der Waals surface area contributed by atoms with E-state index in [1.54, 1.807) is 43.5 Å². The second-order valence-electron chi connectivity index (χ2n) is 7.74. The van der Waals surface area contributed by atoms with Crippen LogP contribution < -0.4 is 14.2 Å². The maximum absolute atomic E-state index is 13.4. The van der Waals surface area contributed by atoms with Gasteiger partial charge in [-0.3, -0.25) is 4.79 Å². The van der Waals surface area contributed by atoms with Crippen molar-refractivity contribution in [2.75, 3.05) is 14.2 Å². The number of carbonyl (C=O) groups is 1. The lowest BCUT2D eigenvalue weighted by Gasteiger charge is -2.37. The van der Waals surface area contributed by atoms with Crippen LogP contribution in [0.2, 0.25) is 5.02 Å². The number of carbonyl (C=O) groups excluding carboxylic acids is 1. The Morgan fingerprint density at radius 1 is 1.06 bits per heavy atom. The van der Waals surface area contributed by atoms with Gasteiger partial charge in [-0.05, 0) is 60.7 Å². The average molecular weight is 528 g/mol. The van der Waals surface area contributed by atoms with Gasteiger partial charge in [0, 0.05) is 32.6 Å². The average Bonchev–Trinajstić information content (AvgIpc) is 3.29. The largest absolute Gasteiger partial charge is 0.493 e. The number of hydrazone groups is 1. The summed E-state index contributed by atoms with van der Waals surface area (Å²) >= 11 is 9.56. The Kier molecular flexibility index (Phi) is 5.76. The highest BCUT2D eigenvalue weighted by Crippen LogP contribution is 2.45. The lowest BCUT2D eigenvalue weighted by Crippen LogP contribution is -2.45. The SMILES string of the molecule is COc1ccc(C2=NN3[C@H](C2)c2cc(Br)ccc2O[C@H]3C(=O)c2ccc(Cl)cc2)cc1OC. The van der Waals surface area contributed by atoms with Crippen molar-refractivity contribution in [1.29, 1.82) is 0 Å². The summed E-state index contributed by atoms with van der Waals surface area (Å²) in [5, 5.41) is 7.18. The molecule has 168 valence electrons. The molecule has 0 aromatic heterocycles. The first kappa shape index (κ1) is 21.8. The minimum Gasteiger partial charge on any atom is -0.493 e. The molecule has 0 aliphatic carbocycles. The van der Waals surface area contributed by atoms with Gasteiger partial charge in [0.15, 0.2) is 11.5 Å². The molecule has 3 aromatic carbocycles. The van der Waals surface area contributed by atoms with Crippen molar-refractivity contribution >= 4 is 39.0 Å². The van der Waals surface area contributed by atoms with E-state index in [4.69, 9.17) is 30.9 Å². The maximum Gasteiger partial charge on any atom is 0.251 e. The molecule has 2 atom stereocenters. The summed E-state index contributed by atoms with van der Waals surface area (Å²) in [5.74, 6) is 1.76. The molecule has 5 rings (SSSR count). The van der Waals surface area contributed by atoms with Crippen LogP contribution in [0.1, 0.15) is 33.9 Å². The van der Waals surface area contributed by atoms with Crippen LogP contribution in [-0.2, 0) is 0 Å². The van der Waals surface area contributed by atoms with Gasteiger partial charge in [0.1, 0.15) is 5.75 Å². The maximum atomic E-state index is 13.4. The molecule has 0 N–H and O–H groups in total. The van der Waals surface area contributed by atoms with Crippen molar-refractivity contribution < 1.29 is 19.0 Å². The summed E-state index contributed by atoms with van der Waals surface area (Å²) < 4.78 is 17.9. The van der Waals surface area contributed by atoms with Crippen LogP contribution in [0, 0.1) is 0 Å². The quantitative estimate of drug-likeness (QED) is 0.388.